The fraction of sp³-hybridized carbons (Fsp3) is 0.294. The Bertz CT molecular complexity index is 675. The molecule has 0 spiro atoms. The number of ether oxygens (including phenoxy) is 1. The van der Waals surface area contributed by atoms with Gasteiger partial charge in [0.2, 0.25) is 11.7 Å². The molecule has 0 radical (unpaired) electrons. The van der Waals surface area contributed by atoms with Crippen molar-refractivity contribution < 1.29 is 23.8 Å². The monoisotopic (exact) mass is 317 g/mol. The SMILES string of the molecule is COc1ccc(C(C)CC(=O)NCc2ccc(C(=O)O)o2)cc1. The molecule has 1 unspecified atom stereocenters. The molecule has 1 aromatic heterocycles. The highest BCUT2D eigenvalue weighted by atomic mass is 16.5. The Morgan fingerprint density at radius 3 is 2.48 bits per heavy atom. The van der Waals surface area contributed by atoms with E-state index in [2.05, 4.69) is 5.32 Å². The number of furan rings is 1. The molecule has 0 aliphatic rings. The van der Waals surface area contributed by atoms with Crippen molar-refractivity contribution in [3.05, 3.63) is 53.5 Å². The number of carbonyl (C=O) groups excluding carboxylic acids is 1. The average molecular weight is 317 g/mol. The highest BCUT2D eigenvalue weighted by Gasteiger charge is 2.13. The Kier molecular flexibility index (Phi) is 5.41. The second-order valence-electron chi connectivity index (χ2n) is 5.23. The minimum Gasteiger partial charge on any atom is -0.497 e. The predicted molar refractivity (Wildman–Crippen MR) is 83.5 cm³/mol. The number of hydrogen-bond acceptors (Lipinski definition) is 4. The van der Waals surface area contributed by atoms with Gasteiger partial charge >= 0.3 is 5.97 Å². The van der Waals surface area contributed by atoms with Crippen molar-refractivity contribution in [1.29, 1.82) is 0 Å². The summed E-state index contributed by atoms with van der Waals surface area (Å²) < 4.78 is 10.2. The minimum atomic E-state index is -1.13. The van der Waals surface area contributed by atoms with Gasteiger partial charge in [0.1, 0.15) is 11.5 Å². The summed E-state index contributed by atoms with van der Waals surface area (Å²) in [5, 5.41) is 11.5. The number of carboxylic acid groups (broad SMARTS) is 1. The second kappa shape index (κ2) is 7.49. The molecular formula is C17H19NO5. The fourth-order valence-corrected chi connectivity index (χ4v) is 2.17. The molecule has 0 fully saturated rings. The summed E-state index contributed by atoms with van der Waals surface area (Å²) in [6, 6.07) is 10.5. The van der Waals surface area contributed by atoms with Crippen molar-refractivity contribution in [3.63, 3.8) is 0 Å². The number of rotatable bonds is 7. The number of carbonyl (C=O) groups is 2. The van der Waals surface area contributed by atoms with Crippen LogP contribution in [-0.4, -0.2) is 24.1 Å². The number of nitrogens with one attached hydrogen (secondary N) is 1. The molecule has 1 amide bonds. The third kappa shape index (κ3) is 4.60. The van der Waals surface area contributed by atoms with Gasteiger partial charge < -0.3 is 19.6 Å². The van der Waals surface area contributed by atoms with Crippen LogP contribution < -0.4 is 10.1 Å². The molecule has 1 heterocycles. The van der Waals surface area contributed by atoms with E-state index in [1.807, 2.05) is 31.2 Å². The van der Waals surface area contributed by atoms with Crippen LogP contribution in [0.1, 0.15) is 41.1 Å². The van der Waals surface area contributed by atoms with E-state index in [-0.39, 0.29) is 24.1 Å². The molecule has 2 N–H and O–H groups in total. The zero-order chi connectivity index (χ0) is 16.8. The standard InChI is InChI=1S/C17H19NO5/c1-11(12-3-5-13(22-2)6-4-12)9-16(19)18-10-14-7-8-15(23-14)17(20)21/h3-8,11H,9-10H2,1-2H3,(H,18,19)(H,20,21). The van der Waals surface area contributed by atoms with Crippen LogP contribution in [0.3, 0.4) is 0 Å². The van der Waals surface area contributed by atoms with Gasteiger partial charge in [-0.15, -0.1) is 0 Å². The lowest BCUT2D eigenvalue weighted by Gasteiger charge is -2.12. The van der Waals surface area contributed by atoms with Crippen LogP contribution in [0.25, 0.3) is 0 Å². The zero-order valence-corrected chi connectivity index (χ0v) is 13.0. The third-order valence-electron chi connectivity index (χ3n) is 3.51. The van der Waals surface area contributed by atoms with E-state index < -0.39 is 5.97 Å². The summed E-state index contributed by atoms with van der Waals surface area (Å²) in [7, 11) is 1.61. The lowest BCUT2D eigenvalue weighted by molar-refractivity contribution is -0.121. The van der Waals surface area contributed by atoms with Crippen LogP contribution in [0.2, 0.25) is 0 Å². The van der Waals surface area contributed by atoms with E-state index in [9.17, 15) is 9.59 Å². The third-order valence-corrected chi connectivity index (χ3v) is 3.51. The summed E-state index contributed by atoms with van der Waals surface area (Å²) in [5.74, 6) is -0.143. The summed E-state index contributed by atoms with van der Waals surface area (Å²) in [5.41, 5.74) is 1.05. The number of hydrogen-bond donors (Lipinski definition) is 2. The largest absolute Gasteiger partial charge is 0.497 e. The van der Waals surface area contributed by atoms with Gasteiger partial charge in [0.05, 0.1) is 13.7 Å². The number of amides is 1. The number of aromatic carboxylic acids is 1. The van der Waals surface area contributed by atoms with Crippen LogP contribution in [0.4, 0.5) is 0 Å². The van der Waals surface area contributed by atoms with E-state index in [1.165, 1.54) is 12.1 Å². The lowest BCUT2D eigenvalue weighted by atomic mass is 9.97. The van der Waals surface area contributed by atoms with Gasteiger partial charge in [-0.1, -0.05) is 19.1 Å². The molecule has 1 aromatic carbocycles. The van der Waals surface area contributed by atoms with Crippen LogP contribution in [-0.2, 0) is 11.3 Å². The van der Waals surface area contributed by atoms with Gasteiger partial charge in [0.15, 0.2) is 0 Å². The first kappa shape index (κ1) is 16.6. The van der Waals surface area contributed by atoms with Gasteiger partial charge in [-0.05, 0) is 35.7 Å². The maximum atomic E-state index is 12.0. The zero-order valence-electron chi connectivity index (χ0n) is 13.0. The molecule has 1 atom stereocenters. The molecule has 0 bridgehead atoms. The van der Waals surface area contributed by atoms with Gasteiger partial charge in [0, 0.05) is 6.42 Å². The quantitative estimate of drug-likeness (QED) is 0.819. The summed E-state index contributed by atoms with van der Waals surface area (Å²) in [4.78, 5) is 22.7. The summed E-state index contributed by atoms with van der Waals surface area (Å²) in [6.07, 6.45) is 0.332. The van der Waals surface area contributed by atoms with Crippen LogP contribution in [0.5, 0.6) is 5.75 Å². The van der Waals surface area contributed by atoms with Crippen molar-refractivity contribution in [1.82, 2.24) is 5.32 Å². The van der Waals surface area contributed by atoms with Gasteiger partial charge in [-0.25, -0.2) is 4.79 Å². The maximum absolute atomic E-state index is 12.0. The van der Waals surface area contributed by atoms with Crippen LogP contribution in [0.15, 0.2) is 40.8 Å². The van der Waals surface area contributed by atoms with Crippen molar-refractivity contribution in [2.75, 3.05) is 7.11 Å². The first-order valence-electron chi connectivity index (χ1n) is 7.22. The Morgan fingerprint density at radius 1 is 1.22 bits per heavy atom. The Balaban J connectivity index is 1.84. The van der Waals surface area contributed by atoms with E-state index in [1.54, 1.807) is 7.11 Å². The number of carboxylic acids is 1. The molecule has 122 valence electrons. The van der Waals surface area contributed by atoms with Crippen molar-refractivity contribution in [3.8, 4) is 5.75 Å². The average Bonchev–Trinajstić information content (AvgIpc) is 3.02. The molecule has 0 aliphatic heterocycles. The molecule has 0 saturated carbocycles. The van der Waals surface area contributed by atoms with Crippen molar-refractivity contribution in [2.45, 2.75) is 25.8 Å². The predicted octanol–water partition coefficient (Wildman–Crippen LogP) is 2.80. The fourth-order valence-electron chi connectivity index (χ4n) is 2.17. The normalized spacial score (nSPS) is 11.7. The van der Waals surface area contributed by atoms with Crippen molar-refractivity contribution in [2.24, 2.45) is 0 Å². The van der Waals surface area contributed by atoms with E-state index in [0.717, 1.165) is 11.3 Å². The molecule has 2 rings (SSSR count). The van der Waals surface area contributed by atoms with E-state index in [4.69, 9.17) is 14.3 Å². The Labute approximate surface area is 134 Å². The lowest BCUT2D eigenvalue weighted by Crippen LogP contribution is -2.23. The van der Waals surface area contributed by atoms with Crippen LogP contribution in [0, 0.1) is 0 Å². The molecule has 6 nitrogen and oxygen atoms in total. The van der Waals surface area contributed by atoms with Crippen molar-refractivity contribution >= 4 is 11.9 Å². The van der Waals surface area contributed by atoms with Gasteiger partial charge in [-0.2, -0.15) is 0 Å². The molecule has 0 aliphatic carbocycles. The molecule has 0 saturated heterocycles. The molecule has 23 heavy (non-hydrogen) atoms. The highest BCUT2D eigenvalue weighted by molar-refractivity contribution is 5.84. The minimum absolute atomic E-state index is 0.0621. The van der Waals surface area contributed by atoms with Gasteiger partial charge in [-0.3, -0.25) is 4.79 Å². The first-order chi connectivity index (χ1) is 11.0. The highest BCUT2D eigenvalue weighted by Crippen LogP contribution is 2.21. The Hall–Kier alpha value is -2.76. The molecule has 6 heteroatoms. The van der Waals surface area contributed by atoms with Crippen LogP contribution >= 0.6 is 0 Å². The molecule has 2 aromatic rings. The smallest absolute Gasteiger partial charge is 0.371 e. The second-order valence-corrected chi connectivity index (χ2v) is 5.23. The summed E-state index contributed by atoms with van der Waals surface area (Å²) in [6.45, 7) is 2.14. The van der Waals surface area contributed by atoms with Gasteiger partial charge in [0.25, 0.3) is 0 Å². The first-order valence-corrected chi connectivity index (χ1v) is 7.22. The maximum Gasteiger partial charge on any atom is 0.371 e. The summed E-state index contributed by atoms with van der Waals surface area (Å²) >= 11 is 0. The Morgan fingerprint density at radius 2 is 1.91 bits per heavy atom. The van der Waals surface area contributed by atoms with E-state index >= 15 is 0 Å². The number of methoxy groups -OCH3 is 1. The number of benzene rings is 1. The molecular weight excluding hydrogens is 298 g/mol. The topological polar surface area (TPSA) is 88.8 Å². The van der Waals surface area contributed by atoms with E-state index in [0.29, 0.717) is 12.2 Å².